The molecule has 0 spiro atoms. The van der Waals surface area contributed by atoms with Gasteiger partial charge in [0.25, 0.3) is 21.6 Å². The molecule has 1 aliphatic carbocycles. The first kappa shape index (κ1) is 40.7. The predicted molar refractivity (Wildman–Crippen MR) is 227 cm³/mol. The summed E-state index contributed by atoms with van der Waals surface area (Å²) in [4.78, 5) is 49.0. The van der Waals surface area contributed by atoms with Gasteiger partial charge in [-0.05, 0) is 91.6 Å². The molecule has 4 heterocycles. The molecule has 1 atom stereocenters. The van der Waals surface area contributed by atoms with Gasteiger partial charge in [0.15, 0.2) is 0 Å². The fraction of sp³-hybridized carbons (Fsp3) is 0.372. The van der Waals surface area contributed by atoms with Crippen molar-refractivity contribution in [1.82, 2.24) is 19.6 Å². The van der Waals surface area contributed by atoms with E-state index in [1.165, 1.54) is 42.4 Å². The van der Waals surface area contributed by atoms with Gasteiger partial charge in [-0.3, -0.25) is 24.6 Å². The molecule has 0 saturated carbocycles. The van der Waals surface area contributed by atoms with Crippen molar-refractivity contribution in [1.29, 1.82) is 0 Å². The number of nitro groups is 1. The third-order valence-corrected chi connectivity index (χ3v) is 12.9. The Balaban J connectivity index is 1.02. The minimum absolute atomic E-state index is 0.0515. The first-order valence-electron chi connectivity index (χ1n) is 20.3. The van der Waals surface area contributed by atoms with Gasteiger partial charge >= 0.3 is 0 Å². The van der Waals surface area contributed by atoms with Crippen molar-refractivity contribution < 1.29 is 32.4 Å². The molecule has 2 aliphatic heterocycles. The highest BCUT2D eigenvalue weighted by Crippen LogP contribution is 2.38. The molecule has 17 heteroatoms. The van der Waals surface area contributed by atoms with Crippen LogP contribution < -0.4 is 25.0 Å². The van der Waals surface area contributed by atoms with Crippen LogP contribution in [-0.2, 0) is 26.0 Å². The monoisotopic (exact) mass is 836 g/mol. The zero-order valence-corrected chi connectivity index (χ0v) is 34.1. The van der Waals surface area contributed by atoms with Crippen molar-refractivity contribution in [3.63, 3.8) is 0 Å². The number of pyridine rings is 1. The van der Waals surface area contributed by atoms with Crippen molar-refractivity contribution in [2.24, 2.45) is 5.92 Å². The number of hydrogen-bond donors (Lipinski definition) is 4. The van der Waals surface area contributed by atoms with Crippen molar-refractivity contribution in [2.75, 3.05) is 61.5 Å². The number of sulfonamides is 1. The van der Waals surface area contributed by atoms with Gasteiger partial charge in [0.1, 0.15) is 22.8 Å². The lowest BCUT2D eigenvalue weighted by Gasteiger charge is -2.41. The SMILES string of the molecule is CC(=O)Nc1cccc2c1CCCCC2N1CCN(c2ccc(C(=O)NS(=O)(=O)c3ccc(NCC4CCOCC4)c([N+](=O)[O-])c3)c(Oc3cnc4[nH]ccc4c3)c2)CC1. The lowest BCUT2D eigenvalue weighted by molar-refractivity contribution is -0.384. The zero-order valence-electron chi connectivity index (χ0n) is 33.3. The van der Waals surface area contributed by atoms with Crippen LogP contribution in [0.25, 0.3) is 11.0 Å². The summed E-state index contributed by atoms with van der Waals surface area (Å²) in [7, 11) is -4.56. The van der Waals surface area contributed by atoms with E-state index in [4.69, 9.17) is 9.47 Å². The van der Waals surface area contributed by atoms with Crippen molar-refractivity contribution in [3.05, 3.63) is 106 Å². The third kappa shape index (κ3) is 9.07. The van der Waals surface area contributed by atoms with E-state index in [0.29, 0.717) is 44.2 Å². The number of H-pyrrole nitrogens is 1. The number of aromatic amines is 1. The third-order valence-electron chi connectivity index (χ3n) is 11.6. The van der Waals surface area contributed by atoms with Gasteiger partial charge in [-0.2, -0.15) is 0 Å². The lowest BCUT2D eigenvalue weighted by atomic mass is 9.95. The molecular weight excluding hydrogens is 789 g/mol. The van der Waals surface area contributed by atoms with Crippen LogP contribution in [0.15, 0.2) is 84.0 Å². The maximum absolute atomic E-state index is 13.9. The standard InChI is InChI=1S/C43H48N8O8S/c1-28(52)47-37-7-4-6-35-34(37)5-2-3-8-39(35)50-19-17-49(18-20-50)31-9-11-36(41(24-31)59-32-23-30-13-16-44-42(30)46-27-32)43(53)48-60(56,57)33-10-12-38(40(25-33)51(54)55)45-26-29-14-21-58-22-15-29/h4,6-7,9-13,16,23-25,27,29,39,45H,2-3,5,8,14-15,17-22,26H2,1H3,(H,44,46)(H,47,52)(H,48,53). The van der Waals surface area contributed by atoms with E-state index in [1.54, 1.807) is 24.4 Å². The van der Waals surface area contributed by atoms with Crippen LogP contribution >= 0.6 is 0 Å². The molecule has 0 bridgehead atoms. The van der Waals surface area contributed by atoms with E-state index < -0.39 is 31.4 Å². The molecule has 60 heavy (non-hydrogen) atoms. The number of nitrogens with zero attached hydrogens (tertiary/aromatic N) is 4. The lowest BCUT2D eigenvalue weighted by Crippen LogP contribution is -2.47. The molecule has 314 valence electrons. The van der Waals surface area contributed by atoms with Crippen LogP contribution in [0.2, 0.25) is 0 Å². The Morgan fingerprint density at radius 2 is 1.80 bits per heavy atom. The van der Waals surface area contributed by atoms with Gasteiger partial charge in [0, 0.05) is 94.0 Å². The molecule has 1 unspecified atom stereocenters. The summed E-state index contributed by atoms with van der Waals surface area (Å²) in [6.45, 7) is 6.17. The number of hydrogen-bond acceptors (Lipinski definition) is 12. The molecule has 3 aromatic carbocycles. The minimum atomic E-state index is -4.56. The summed E-state index contributed by atoms with van der Waals surface area (Å²) in [6, 6.07) is 18.5. The Bertz CT molecular complexity index is 2510. The van der Waals surface area contributed by atoms with E-state index in [-0.39, 0.29) is 34.9 Å². The summed E-state index contributed by atoms with van der Waals surface area (Å²) in [5, 5.41) is 19.0. The fourth-order valence-corrected chi connectivity index (χ4v) is 9.46. The number of ether oxygens (including phenoxy) is 2. The fourth-order valence-electron chi connectivity index (χ4n) is 8.47. The Morgan fingerprint density at radius 3 is 2.58 bits per heavy atom. The highest BCUT2D eigenvalue weighted by atomic mass is 32.2. The summed E-state index contributed by atoms with van der Waals surface area (Å²) >= 11 is 0. The van der Waals surface area contributed by atoms with Crippen molar-refractivity contribution in [3.8, 4) is 11.5 Å². The highest BCUT2D eigenvalue weighted by Gasteiger charge is 2.31. The number of carbonyl (C=O) groups excluding carboxylic acids is 2. The molecule has 5 aromatic rings. The number of carbonyl (C=O) groups is 2. The molecule has 3 aliphatic rings. The second kappa shape index (κ2) is 17.7. The molecule has 4 N–H and O–H groups in total. The minimum Gasteiger partial charge on any atom is -0.455 e. The van der Waals surface area contributed by atoms with E-state index >= 15 is 0 Å². The Kier molecular flexibility index (Phi) is 12.0. The van der Waals surface area contributed by atoms with Crippen molar-refractivity contribution in [2.45, 2.75) is 56.4 Å². The number of aromatic nitrogens is 2. The van der Waals surface area contributed by atoms with E-state index in [9.17, 15) is 28.1 Å². The van der Waals surface area contributed by atoms with Crippen molar-refractivity contribution >= 4 is 55.6 Å². The highest BCUT2D eigenvalue weighted by molar-refractivity contribution is 7.90. The number of benzene rings is 3. The quantitative estimate of drug-likeness (QED) is 0.0585. The number of anilines is 3. The van der Waals surface area contributed by atoms with Crippen LogP contribution in [0.1, 0.15) is 66.6 Å². The molecule has 2 fully saturated rings. The second-order valence-electron chi connectivity index (χ2n) is 15.5. The Hall–Kier alpha value is -6.04. The Labute approximate surface area is 347 Å². The molecule has 16 nitrogen and oxygen atoms in total. The van der Waals surface area contributed by atoms with E-state index in [1.807, 2.05) is 18.2 Å². The van der Waals surface area contributed by atoms with Crippen LogP contribution in [-0.4, -0.2) is 86.0 Å². The molecule has 0 radical (unpaired) electrons. The molecule has 2 aromatic heterocycles. The number of amides is 2. The molecular formula is C43H48N8O8S. The van der Waals surface area contributed by atoms with Gasteiger partial charge in [0.05, 0.1) is 21.6 Å². The normalized spacial score (nSPS) is 17.7. The number of rotatable bonds is 12. The van der Waals surface area contributed by atoms with Crippen LogP contribution in [0, 0.1) is 16.0 Å². The predicted octanol–water partition coefficient (Wildman–Crippen LogP) is 6.77. The summed E-state index contributed by atoms with van der Waals surface area (Å²) in [5.74, 6) is -0.331. The van der Waals surface area contributed by atoms with Gasteiger partial charge in [-0.25, -0.2) is 18.1 Å². The Morgan fingerprint density at radius 1 is 0.983 bits per heavy atom. The summed E-state index contributed by atoms with van der Waals surface area (Å²) in [5.41, 5.74) is 4.50. The van der Waals surface area contributed by atoms with Crippen LogP contribution in [0.3, 0.4) is 0 Å². The topological polar surface area (TPSA) is 201 Å². The second-order valence-corrected chi connectivity index (χ2v) is 17.2. The van der Waals surface area contributed by atoms with Gasteiger partial charge in [-0.15, -0.1) is 0 Å². The van der Waals surface area contributed by atoms with Gasteiger partial charge in [-0.1, -0.05) is 18.6 Å². The maximum Gasteiger partial charge on any atom is 0.293 e. The number of nitrogens with one attached hydrogen (secondary N) is 4. The first-order chi connectivity index (χ1) is 29.0. The number of nitro benzene ring substituents is 1. The van der Waals surface area contributed by atoms with E-state index in [2.05, 4.69) is 41.2 Å². The maximum atomic E-state index is 13.9. The van der Waals surface area contributed by atoms with Crippen LogP contribution in [0.5, 0.6) is 11.5 Å². The summed E-state index contributed by atoms with van der Waals surface area (Å²) in [6.07, 6.45) is 8.97. The summed E-state index contributed by atoms with van der Waals surface area (Å²) < 4.78 is 41.1. The molecule has 8 rings (SSSR count). The zero-order chi connectivity index (χ0) is 41.8. The average Bonchev–Trinajstić information content (AvgIpc) is 3.60. The van der Waals surface area contributed by atoms with Gasteiger partial charge < -0.3 is 30.0 Å². The van der Waals surface area contributed by atoms with Gasteiger partial charge in [0.2, 0.25) is 5.91 Å². The van der Waals surface area contributed by atoms with Crippen LogP contribution in [0.4, 0.5) is 22.7 Å². The number of piperazine rings is 1. The first-order valence-corrected chi connectivity index (χ1v) is 21.8. The number of fused-ring (bicyclic) bond motifs is 2. The average molecular weight is 837 g/mol. The van der Waals surface area contributed by atoms with E-state index in [0.717, 1.165) is 74.4 Å². The molecule has 2 amide bonds. The molecule has 2 saturated heterocycles. The smallest absolute Gasteiger partial charge is 0.293 e. The largest absolute Gasteiger partial charge is 0.455 e.